The second-order valence-electron chi connectivity index (χ2n) is 7.79. The Bertz CT molecular complexity index is 520. The number of benzene rings is 2. The second-order valence-corrected chi connectivity index (χ2v) is 7.79. The molecule has 0 aliphatic heterocycles. The van der Waals surface area contributed by atoms with Crippen LogP contribution in [0.4, 0.5) is 0 Å². The molecule has 0 saturated carbocycles. The van der Waals surface area contributed by atoms with Gasteiger partial charge in [-0.1, -0.05) is 113 Å². The van der Waals surface area contributed by atoms with Crippen molar-refractivity contribution in [2.75, 3.05) is 19.6 Å². The van der Waals surface area contributed by atoms with Crippen molar-refractivity contribution in [2.24, 2.45) is 0 Å². The van der Waals surface area contributed by atoms with Gasteiger partial charge in [-0.3, -0.25) is 0 Å². The van der Waals surface area contributed by atoms with Gasteiger partial charge in [-0.25, -0.2) is 0 Å². The van der Waals surface area contributed by atoms with E-state index in [1.54, 1.807) is 0 Å². The summed E-state index contributed by atoms with van der Waals surface area (Å²) in [4.78, 5) is 2.68. The molecule has 0 fully saturated rings. The van der Waals surface area contributed by atoms with E-state index in [-0.39, 0.29) is 0 Å². The summed E-state index contributed by atoms with van der Waals surface area (Å²) >= 11 is 0. The summed E-state index contributed by atoms with van der Waals surface area (Å²) in [6.45, 7) is 5.88. The Morgan fingerprint density at radius 3 is 1.44 bits per heavy atom. The number of hydrogen-bond donors (Lipinski definition) is 0. The van der Waals surface area contributed by atoms with Crippen LogP contribution in [0.2, 0.25) is 0 Å². The van der Waals surface area contributed by atoms with Gasteiger partial charge in [-0.15, -0.1) is 0 Å². The van der Waals surface area contributed by atoms with E-state index >= 15 is 0 Å². The van der Waals surface area contributed by atoms with Crippen LogP contribution in [-0.2, 0) is 12.8 Å². The van der Waals surface area contributed by atoms with Crippen LogP contribution in [0.25, 0.3) is 0 Å². The van der Waals surface area contributed by atoms with Gasteiger partial charge in [0.1, 0.15) is 0 Å². The maximum absolute atomic E-state index is 2.68. The Morgan fingerprint density at radius 1 is 0.519 bits per heavy atom. The van der Waals surface area contributed by atoms with Crippen molar-refractivity contribution in [3.63, 3.8) is 0 Å². The summed E-state index contributed by atoms with van der Waals surface area (Å²) in [7, 11) is 0. The average molecular weight is 366 g/mol. The molecular formula is C26H39N. The molecule has 1 heteroatoms. The first-order valence-electron chi connectivity index (χ1n) is 11.2. The molecule has 27 heavy (non-hydrogen) atoms. The van der Waals surface area contributed by atoms with Crippen LogP contribution in [0.1, 0.15) is 69.4 Å². The maximum atomic E-state index is 2.68. The Labute approximate surface area is 167 Å². The quantitative estimate of drug-likeness (QED) is 0.310. The Morgan fingerprint density at radius 2 is 0.963 bits per heavy atom. The van der Waals surface area contributed by atoms with Crippen LogP contribution in [-0.4, -0.2) is 24.5 Å². The summed E-state index contributed by atoms with van der Waals surface area (Å²) in [6.07, 6.45) is 13.5. The predicted octanol–water partition coefficient (Wildman–Crippen LogP) is 6.91. The Balaban J connectivity index is 1.69. The minimum absolute atomic E-state index is 1.16. The molecule has 0 aliphatic carbocycles. The predicted molar refractivity (Wildman–Crippen MR) is 119 cm³/mol. The van der Waals surface area contributed by atoms with E-state index in [1.165, 1.54) is 82.1 Å². The van der Waals surface area contributed by atoms with Crippen LogP contribution in [0.5, 0.6) is 0 Å². The van der Waals surface area contributed by atoms with E-state index in [0.717, 1.165) is 12.8 Å². The minimum Gasteiger partial charge on any atom is -0.303 e. The molecule has 2 aromatic rings. The lowest BCUT2D eigenvalue weighted by molar-refractivity contribution is 0.273. The summed E-state index contributed by atoms with van der Waals surface area (Å²) in [5, 5.41) is 0. The van der Waals surface area contributed by atoms with Gasteiger partial charge < -0.3 is 4.90 Å². The zero-order chi connectivity index (χ0) is 19.0. The first kappa shape index (κ1) is 21.7. The molecule has 0 bridgehead atoms. The fourth-order valence-corrected chi connectivity index (χ4v) is 3.67. The number of rotatable bonds is 15. The molecular weight excluding hydrogens is 326 g/mol. The molecule has 1 nitrogen and oxygen atoms in total. The van der Waals surface area contributed by atoms with Gasteiger partial charge >= 0.3 is 0 Å². The molecule has 0 aliphatic rings. The van der Waals surface area contributed by atoms with Gasteiger partial charge in [-0.2, -0.15) is 0 Å². The molecule has 2 aromatic carbocycles. The summed E-state index contributed by atoms with van der Waals surface area (Å²) in [5.41, 5.74) is 2.91. The maximum Gasteiger partial charge on any atom is 0.00219 e. The summed E-state index contributed by atoms with van der Waals surface area (Å²) in [6, 6.07) is 21.9. The van der Waals surface area contributed by atoms with Crippen molar-refractivity contribution in [3.8, 4) is 0 Å². The van der Waals surface area contributed by atoms with E-state index in [9.17, 15) is 0 Å². The minimum atomic E-state index is 1.16. The van der Waals surface area contributed by atoms with Crippen LogP contribution >= 0.6 is 0 Å². The van der Waals surface area contributed by atoms with E-state index in [4.69, 9.17) is 0 Å². The third-order valence-corrected chi connectivity index (χ3v) is 5.45. The molecule has 0 radical (unpaired) electrons. The van der Waals surface area contributed by atoms with Crippen molar-refractivity contribution >= 4 is 0 Å². The van der Waals surface area contributed by atoms with E-state index in [0.29, 0.717) is 0 Å². The van der Waals surface area contributed by atoms with Crippen molar-refractivity contribution in [3.05, 3.63) is 71.8 Å². The highest BCUT2D eigenvalue weighted by Gasteiger charge is 2.06. The Kier molecular flexibility index (Phi) is 11.6. The molecule has 0 saturated heterocycles. The van der Waals surface area contributed by atoms with Crippen molar-refractivity contribution < 1.29 is 0 Å². The fraction of sp³-hybridized carbons (Fsp3) is 0.538. The number of hydrogen-bond acceptors (Lipinski definition) is 1. The molecule has 0 unspecified atom stereocenters. The molecule has 148 valence electrons. The van der Waals surface area contributed by atoms with Crippen molar-refractivity contribution in [2.45, 2.75) is 71.1 Å². The van der Waals surface area contributed by atoms with E-state index in [1.807, 2.05) is 0 Å². The monoisotopic (exact) mass is 365 g/mol. The molecule has 0 heterocycles. The number of nitrogens with zero attached hydrogens (tertiary/aromatic N) is 1. The van der Waals surface area contributed by atoms with Crippen molar-refractivity contribution in [1.29, 1.82) is 0 Å². The third kappa shape index (κ3) is 10.3. The lowest BCUT2D eigenvalue weighted by Gasteiger charge is -2.22. The summed E-state index contributed by atoms with van der Waals surface area (Å²) < 4.78 is 0. The molecule has 0 spiro atoms. The van der Waals surface area contributed by atoms with Gasteiger partial charge in [0.25, 0.3) is 0 Å². The van der Waals surface area contributed by atoms with Crippen LogP contribution in [0, 0.1) is 0 Å². The smallest absolute Gasteiger partial charge is 0.00219 e. The summed E-state index contributed by atoms with van der Waals surface area (Å²) in [5.74, 6) is 0. The average Bonchev–Trinajstić information content (AvgIpc) is 2.73. The zero-order valence-corrected chi connectivity index (χ0v) is 17.4. The molecule has 0 amide bonds. The first-order chi connectivity index (χ1) is 13.4. The van der Waals surface area contributed by atoms with Gasteiger partial charge in [-0.05, 0) is 36.9 Å². The van der Waals surface area contributed by atoms with Crippen LogP contribution in [0.3, 0.4) is 0 Å². The van der Waals surface area contributed by atoms with Crippen LogP contribution in [0.15, 0.2) is 60.7 Å². The first-order valence-corrected chi connectivity index (χ1v) is 11.2. The van der Waals surface area contributed by atoms with Gasteiger partial charge in [0.15, 0.2) is 0 Å². The molecule has 0 atom stereocenters. The van der Waals surface area contributed by atoms with Gasteiger partial charge in [0, 0.05) is 13.1 Å². The zero-order valence-electron chi connectivity index (χ0n) is 17.4. The largest absolute Gasteiger partial charge is 0.303 e. The van der Waals surface area contributed by atoms with Gasteiger partial charge in [0.05, 0.1) is 0 Å². The molecule has 0 aromatic heterocycles. The SMILES string of the molecule is CCCCCCCCCCN(CCc1ccccc1)CCc1ccccc1. The van der Waals surface area contributed by atoms with Gasteiger partial charge in [0.2, 0.25) is 0 Å². The second kappa shape index (κ2) is 14.5. The normalized spacial score (nSPS) is 11.2. The highest BCUT2D eigenvalue weighted by Crippen LogP contribution is 2.10. The Hall–Kier alpha value is -1.60. The molecule has 2 rings (SSSR count). The lowest BCUT2D eigenvalue weighted by Crippen LogP contribution is -2.29. The molecule has 0 N–H and O–H groups in total. The topological polar surface area (TPSA) is 3.24 Å². The van der Waals surface area contributed by atoms with E-state index < -0.39 is 0 Å². The van der Waals surface area contributed by atoms with Crippen LogP contribution < -0.4 is 0 Å². The standard InChI is InChI=1S/C26H39N/c1-2-3-4-5-6-7-8-15-22-27(23-20-25-16-11-9-12-17-25)24-21-26-18-13-10-14-19-26/h9-14,16-19H,2-8,15,20-24H2,1H3. The highest BCUT2D eigenvalue weighted by molar-refractivity contribution is 5.16. The lowest BCUT2D eigenvalue weighted by atomic mass is 10.1. The number of unbranched alkanes of at least 4 members (excludes halogenated alkanes) is 7. The third-order valence-electron chi connectivity index (χ3n) is 5.45. The van der Waals surface area contributed by atoms with Crippen molar-refractivity contribution in [1.82, 2.24) is 4.90 Å². The highest BCUT2D eigenvalue weighted by atomic mass is 15.1. The fourth-order valence-electron chi connectivity index (χ4n) is 3.67. The van der Waals surface area contributed by atoms with E-state index in [2.05, 4.69) is 72.5 Å².